The van der Waals surface area contributed by atoms with Crippen molar-refractivity contribution in [1.82, 2.24) is 10.2 Å². The van der Waals surface area contributed by atoms with E-state index in [-0.39, 0.29) is 35.6 Å². The van der Waals surface area contributed by atoms with Crippen LogP contribution in [0.4, 0.5) is 18.4 Å². The summed E-state index contributed by atoms with van der Waals surface area (Å²) in [4.78, 5) is 100. The highest BCUT2D eigenvalue weighted by molar-refractivity contribution is 5.95. The molecule has 0 aromatic heterocycles. The lowest BCUT2D eigenvalue weighted by Gasteiger charge is -2.67. The number of aliphatic hydroxyl groups is 2. The molecular weight excluding hydrogens is 1040 g/mol. The van der Waals surface area contributed by atoms with Crippen molar-refractivity contribution in [3.63, 3.8) is 0 Å². The van der Waals surface area contributed by atoms with E-state index in [2.05, 4.69) is 48.7 Å². The summed E-state index contributed by atoms with van der Waals surface area (Å²) in [5, 5.41) is 28.4. The molecule has 2 saturated carbocycles. The van der Waals surface area contributed by atoms with Crippen LogP contribution in [0.3, 0.4) is 0 Å². The second kappa shape index (κ2) is 27.5. The lowest BCUT2D eigenvalue weighted by atomic mass is 9.44. The zero-order valence-electron chi connectivity index (χ0n) is 48.1. The molecule has 0 spiro atoms. The highest BCUT2D eigenvalue weighted by Crippen LogP contribution is 2.64. The van der Waals surface area contributed by atoms with Gasteiger partial charge in [0.05, 0.1) is 29.6 Å². The molecule has 1 saturated heterocycles. The smallest absolute Gasteiger partial charge is 0.410 e. The molecule has 2 bridgehead atoms. The summed E-state index contributed by atoms with van der Waals surface area (Å²) in [7, 11) is 2.70. The van der Waals surface area contributed by atoms with Gasteiger partial charge in [-0.3, -0.25) is 14.4 Å². The van der Waals surface area contributed by atoms with E-state index < -0.39 is 137 Å². The van der Waals surface area contributed by atoms with Crippen molar-refractivity contribution < 1.29 is 85.7 Å². The van der Waals surface area contributed by atoms with Crippen LogP contribution in [0.5, 0.6) is 0 Å². The molecule has 5 rings (SSSR count). The molecule has 0 unspecified atom stereocenters. The number of nitrogens with zero attached hydrogens (tertiary/aromatic N) is 1. The maximum atomic E-state index is 15.9. The van der Waals surface area contributed by atoms with Gasteiger partial charge in [-0.1, -0.05) is 94.7 Å². The standard InChI is InChI=1S/C60H82F2N2O16/c1-12-13-14-15-16-17-18-19-20-21-22-23-24-25-29-32-45(67)76-47(40(33-44(61)62)63-54(71)80-56(4,5)6)53(70)75-41-35-60(73)51(78-52(69)39-30-27-26-28-31-39)49-58(9,42(66)34-43-59(49,36-74-43)79-38(3)65)50(68)48(77-55(72)64(10)11)46(37(41)2)57(60,7)8/h13-14,16-17,19-20,26-28,30-31,33,40-43,47-49,51,66,73H,12,15,18,21-25,29,32,34-36H2,1-11H3,(H,63,71)/b14-13-,17-16-,20-19-/t40-,41-,42-,43+,47+,48+,49-,51-,58+,59-,60+/m0/s1. The Hall–Kier alpha value is -6.25. The number of benzene rings is 1. The minimum atomic E-state index is -2.58. The number of allylic oxidation sites excluding steroid dienone is 6. The van der Waals surface area contributed by atoms with E-state index in [1.54, 1.807) is 18.2 Å². The Balaban J connectivity index is 1.57. The fourth-order valence-electron chi connectivity index (χ4n) is 11.4. The van der Waals surface area contributed by atoms with Gasteiger partial charge in [-0.05, 0) is 96.4 Å². The second-order valence-electron chi connectivity index (χ2n) is 23.0. The number of amides is 2. The number of rotatable bonds is 23. The zero-order valence-corrected chi connectivity index (χ0v) is 48.1. The number of fused-ring (bicyclic) bond motifs is 5. The van der Waals surface area contributed by atoms with Gasteiger partial charge in [0, 0.05) is 51.8 Å². The Kier molecular flexibility index (Phi) is 22.2. The number of ketones is 1. The first-order valence-electron chi connectivity index (χ1n) is 27.5. The lowest BCUT2D eigenvalue weighted by molar-refractivity contribution is -0.345. The number of Topliss-reactive ketones (excluding diaryl/α,β-unsaturated/α-hetero) is 1. The molecule has 20 heteroatoms. The summed E-state index contributed by atoms with van der Waals surface area (Å²) in [6.45, 7) is 13.1. The maximum Gasteiger partial charge on any atom is 0.410 e. The summed E-state index contributed by atoms with van der Waals surface area (Å²) in [5.74, 6) is -7.04. The van der Waals surface area contributed by atoms with Gasteiger partial charge in [0.25, 0.3) is 6.08 Å². The van der Waals surface area contributed by atoms with Gasteiger partial charge in [0.15, 0.2) is 17.5 Å². The first kappa shape index (κ1) is 64.6. The minimum absolute atomic E-state index is 0.00490. The number of hydrogen-bond acceptors (Lipinski definition) is 16. The number of hydrogen-bond donors (Lipinski definition) is 3. The topological polar surface area (TPSA) is 240 Å². The highest BCUT2D eigenvalue weighted by atomic mass is 19.3. The van der Waals surface area contributed by atoms with Gasteiger partial charge in [-0.2, -0.15) is 8.78 Å². The third kappa shape index (κ3) is 15.0. The van der Waals surface area contributed by atoms with Gasteiger partial charge < -0.3 is 53.6 Å². The van der Waals surface area contributed by atoms with Crippen LogP contribution in [0.2, 0.25) is 0 Å². The number of alkyl carbamates (subject to hydrolysis) is 1. The molecule has 1 aromatic rings. The van der Waals surface area contributed by atoms with Crippen LogP contribution in [-0.2, 0) is 52.3 Å². The van der Waals surface area contributed by atoms with Gasteiger partial charge in [0.1, 0.15) is 35.6 Å². The average Bonchev–Trinajstić information content (AvgIpc) is 1.72. The molecule has 3 fully saturated rings. The Morgan fingerprint density at radius 1 is 0.900 bits per heavy atom. The summed E-state index contributed by atoms with van der Waals surface area (Å²) in [6.07, 6.45) is 3.04. The van der Waals surface area contributed by atoms with Crippen LogP contribution in [0.25, 0.3) is 0 Å². The average molecular weight is 1130 g/mol. The Labute approximate surface area is 468 Å². The number of carbonyl (C=O) groups excluding carboxylic acids is 7. The molecular formula is C60H82F2N2O16. The van der Waals surface area contributed by atoms with Crippen molar-refractivity contribution in [2.24, 2.45) is 16.7 Å². The highest BCUT2D eigenvalue weighted by Gasteiger charge is 2.78. The van der Waals surface area contributed by atoms with Gasteiger partial charge in [-0.15, -0.1) is 0 Å². The SMILES string of the molecule is CC/C=C\C/C=C\C/C=C\CCCCCCCC(=O)O[C@@H](C(=O)O[C@H]1C[C@@]2(O)[C@@H](OC(=O)c3ccccc3)[C@@H]3[C@]4(OC(C)=O)CO[C@@H]4C[C@H](O)[C@@]3(C)C(=O)[C@H](OC(=O)N(C)C)C(=C1C)C2(C)C)[C@H](C=C(F)F)NC(=O)OC(C)(C)C. The van der Waals surface area contributed by atoms with Crippen LogP contribution in [0.15, 0.2) is 90.1 Å². The number of halogens is 2. The molecule has 18 nitrogen and oxygen atoms in total. The van der Waals surface area contributed by atoms with Crippen LogP contribution in [-0.4, -0.2) is 137 Å². The van der Waals surface area contributed by atoms with E-state index in [1.165, 1.54) is 74.7 Å². The van der Waals surface area contributed by atoms with E-state index in [1.807, 2.05) is 0 Å². The number of unbranched alkanes of at least 4 members (excludes halogenated alkanes) is 5. The number of ether oxygens (including phenoxy) is 7. The first-order valence-corrected chi connectivity index (χ1v) is 27.5. The van der Waals surface area contributed by atoms with Gasteiger partial charge in [-0.25, -0.2) is 19.2 Å². The molecule has 3 aliphatic carbocycles. The fraction of sp³-hybridized carbons (Fsp3) is 0.617. The van der Waals surface area contributed by atoms with Crippen LogP contribution >= 0.6 is 0 Å². The molecule has 0 radical (unpaired) electrons. The Morgan fingerprint density at radius 2 is 1.52 bits per heavy atom. The molecule has 2 amide bonds. The number of nitrogens with one attached hydrogen (secondary N) is 1. The molecule has 442 valence electrons. The molecule has 11 atom stereocenters. The second-order valence-corrected chi connectivity index (χ2v) is 23.0. The third-order valence-corrected chi connectivity index (χ3v) is 15.6. The molecule has 3 N–H and O–H groups in total. The number of carbonyl (C=O) groups is 7. The van der Waals surface area contributed by atoms with E-state index in [0.717, 1.165) is 56.8 Å². The predicted octanol–water partition coefficient (Wildman–Crippen LogP) is 9.51. The minimum Gasteiger partial charge on any atom is -0.455 e. The van der Waals surface area contributed by atoms with Crippen molar-refractivity contribution >= 4 is 41.8 Å². The largest absolute Gasteiger partial charge is 0.455 e. The summed E-state index contributed by atoms with van der Waals surface area (Å²) >= 11 is 0. The predicted molar refractivity (Wildman–Crippen MR) is 290 cm³/mol. The fourth-order valence-corrected chi connectivity index (χ4v) is 11.4. The van der Waals surface area contributed by atoms with Crippen molar-refractivity contribution in [1.29, 1.82) is 0 Å². The summed E-state index contributed by atoms with van der Waals surface area (Å²) in [6, 6.07) is 5.50. The van der Waals surface area contributed by atoms with Gasteiger partial charge >= 0.3 is 36.1 Å². The molecule has 4 aliphatic rings. The van der Waals surface area contributed by atoms with E-state index in [4.69, 9.17) is 33.2 Å². The van der Waals surface area contributed by atoms with E-state index in [9.17, 15) is 47.8 Å². The summed E-state index contributed by atoms with van der Waals surface area (Å²) in [5.41, 5.74) is -9.82. The van der Waals surface area contributed by atoms with E-state index >= 15 is 4.79 Å². The van der Waals surface area contributed by atoms with Crippen molar-refractivity contribution in [3.05, 3.63) is 95.7 Å². The van der Waals surface area contributed by atoms with Crippen molar-refractivity contribution in [2.45, 2.75) is 199 Å². The molecule has 1 aliphatic heterocycles. The normalized spacial score (nSPS) is 27.8. The van der Waals surface area contributed by atoms with Crippen molar-refractivity contribution in [2.75, 3.05) is 20.7 Å². The van der Waals surface area contributed by atoms with Crippen LogP contribution in [0.1, 0.15) is 150 Å². The maximum absolute atomic E-state index is 15.9. The summed E-state index contributed by atoms with van der Waals surface area (Å²) < 4.78 is 70.6. The monoisotopic (exact) mass is 1120 g/mol. The quantitative estimate of drug-likeness (QED) is 0.0400. The molecule has 1 heterocycles. The van der Waals surface area contributed by atoms with Crippen LogP contribution in [0, 0.1) is 16.7 Å². The Morgan fingerprint density at radius 3 is 2.11 bits per heavy atom. The third-order valence-electron chi connectivity index (χ3n) is 15.6. The Bertz CT molecular complexity index is 2550. The van der Waals surface area contributed by atoms with Gasteiger partial charge in [0.2, 0.25) is 6.10 Å². The number of aliphatic hydroxyl groups excluding tert-OH is 1. The zero-order chi connectivity index (χ0) is 59.4. The molecule has 80 heavy (non-hydrogen) atoms. The lowest BCUT2D eigenvalue weighted by Crippen LogP contribution is -2.82. The van der Waals surface area contributed by atoms with Crippen molar-refractivity contribution in [3.8, 4) is 0 Å². The number of esters is 4. The van der Waals surface area contributed by atoms with E-state index in [0.29, 0.717) is 12.8 Å². The molecule has 1 aromatic carbocycles. The first-order chi connectivity index (χ1) is 37.5. The van der Waals surface area contributed by atoms with Crippen LogP contribution < -0.4 is 5.32 Å².